The van der Waals surface area contributed by atoms with Gasteiger partial charge < -0.3 is 15.0 Å². The maximum absolute atomic E-state index is 12.7. The molecule has 1 saturated carbocycles. The Morgan fingerprint density at radius 3 is 2.85 bits per heavy atom. The molecule has 4 aliphatic rings. The highest BCUT2D eigenvalue weighted by molar-refractivity contribution is 6.04. The lowest BCUT2D eigenvalue weighted by atomic mass is 9.93. The van der Waals surface area contributed by atoms with Crippen molar-refractivity contribution in [1.29, 1.82) is 0 Å². The number of allylic oxidation sites excluding steroid dienone is 1. The summed E-state index contributed by atoms with van der Waals surface area (Å²) in [6, 6.07) is 0. The second-order valence-electron chi connectivity index (χ2n) is 10.1. The van der Waals surface area contributed by atoms with Crippen molar-refractivity contribution in [2.75, 3.05) is 39.5 Å². The van der Waals surface area contributed by atoms with E-state index in [0.29, 0.717) is 24.6 Å². The number of aliphatic imine (C=N–C) groups is 2. The number of piperidine rings is 1. The number of likely N-dealkylation sites (tertiary alicyclic amines) is 1. The van der Waals surface area contributed by atoms with Crippen molar-refractivity contribution in [3.63, 3.8) is 0 Å². The van der Waals surface area contributed by atoms with Crippen LogP contribution in [0.2, 0.25) is 0 Å². The highest BCUT2D eigenvalue weighted by atomic mass is 16.5. The second kappa shape index (κ2) is 11.9. The minimum Gasteiger partial charge on any atom is -0.359 e. The number of unbranched alkanes of at least 4 members (excludes halogenated alkanes) is 1. The molecule has 2 aliphatic carbocycles. The van der Waals surface area contributed by atoms with Gasteiger partial charge in [-0.3, -0.25) is 14.7 Å². The summed E-state index contributed by atoms with van der Waals surface area (Å²) in [6.45, 7) is 11.0. The molecule has 7 heteroatoms. The Morgan fingerprint density at radius 2 is 2.12 bits per heavy atom. The van der Waals surface area contributed by atoms with E-state index in [0.717, 1.165) is 51.0 Å². The van der Waals surface area contributed by atoms with Gasteiger partial charge in [-0.05, 0) is 69.8 Å². The van der Waals surface area contributed by atoms with Gasteiger partial charge in [0.15, 0.2) is 5.84 Å². The van der Waals surface area contributed by atoms with Crippen LogP contribution in [-0.4, -0.2) is 73.3 Å². The lowest BCUT2D eigenvalue weighted by molar-refractivity contribution is -0.121. The molecular formula is C27H41N5O2. The zero-order valence-corrected chi connectivity index (χ0v) is 20.8. The molecule has 0 aromatic carbocycles. The van der Waals surface area contributed by atoms with Crippen LogP contribution in [0.4, 0.5) is 0 Å². The summed E-state index contributed by atoms with van der Waals surface area (Å²) >= 11 is 0. The van der Waals surface area contributed by atoms with Crippen LogP contribution in [0, 0.1) is 5.92 Å². The summed E-state index contributed by atoms with van der Waals surface area (Å²) in [7, 11) is 0. The van der Waals surface area contributed by atoms with E-state index >= 15 is 0 Å². The Kier molecular flexibility index (Phi) is 8.73. The van der Waals surface area contributed by atoms with E-state index in [2.05, 4.69) is 52.0 Å². The summed E-state index contributed by atoms with van der Waals surface area (Å²) in [5, 5.41) is 3.03. The molecule has 186 valence electrons. The maximum atomic E-state index is 12.7. The van der Waals surface area contributed by atoms with E-state index in [1.54, 1.807) is 6.20 Å². The molecule has 0 radical (unpaired) electrons. The quantitative estimate of drug-likeness (QED) is 0.389. The fourth-order valence-electron chi connectivity index (χ4n) is 5.32. The molecule has 0 bridgehead atoms. The number of nitrogens with one attached hydrogen (secondary N) is 1. The van der Waals surface area contributed by atoms with Crippen LogP contribution in [0.15, 0.2) is 45.7 Å². The molecule has 1 unspecified atom stereocenters. The van der Waals surface area contributed by atoms with Crippen LogP contribution in [0.1, 0.15) is 64.7 Å². The number of amides is 1. The van der Waals surface area contributed by atoms with E-state index in [4.69, 9.17) is 9.73 Å². The molecule has 0 aromatic rings. The lowest BCUT2D eigenvalue weighted by Crippen LogP contribution is -2.45. The summed E-state index contributed by atoms with van der Waals surface area (Å²) in [5.41, 5.74) is 1.90. The number of ether oxygens (including phenoxy) is 1. The summed E-state index contributed by atoms with van der Waals surface area (Å²) < 4.78 is 5.77. The minimum absolute atomic E-state index is 0.0272. The van der Waals surface area contributed by atoms with Crippen LogP contribution in [0.25, 0.3) is 0 Å². The van der Waals surface area contributed by atoms with Crippen LogP contribution in [0.3, 0.4) is 0 Å². The van der Waals surface area contributed by atoms with Crippen molar-refractivity contribution in [2.24, 2.45) is 15.9 Å². The first-order chi connectivity index (χ1) is 16.6. The van der Waals surface area contributed by atoms with Crippen LogP contribution in [-0.2, 0) is 9.53 Å². The topological polar surface area (TPSA) is 69.5 Å². The van der Waals surface area contributed by atoms with Gasteiger partial charge in [-0.25, -0.2) is 4.99 Å². The average Bonchev–Trinajstić information content (AvgIpc) is 3.62. The number of hydrogen-bond acceptors (Lipinski definition) is 5. The Morgan fingerprint density at radius 1 is 1.29 bits per heavy atom. The third-order valence-electron chi connectivity index (χ3n) is 7.32. The molecule has 7 nitrogen and oxygen atoms in total. The summed E-state index contributed by atoms with van der Waals surface area (Å²) in [5.74, 6) is 1.20. The van der Waals surface area contributed by atoms with E-state index < -0.39 is 0 Å². The Balaban J connectivity index is 1.53. The Hall–Kier alpha value is -2.25. The zero-order chi connectivity index (χ0) is 23.8. The molecule has 2 aliphatic heterocycles. The largest absolute Gasteiger partial charge is 0.359 e. The van der Waals surface area contributed by atoms with Crippen molar-refractivity contribution in [1.82, 2.24) is 15.1 Å². The van der Waals surface area contributed by atoms with Gasteiger partial charge in [0.2, 0.25) is 5.91 Å². The average molecular weight is 468 g/mol. The molecule has 3 fully saturated rings. The number of carbonyl (C=O) groups is 1. The van der Waals surface area contributed by atoms with Crippen molar-refractivity contribution >= 4 is 18.5 Å². The third kappa shape index (κ3) is 6.45. The van der Waals surface area contributed by atoms with Gasteiger partial charge in [-0.1, -0.05) is 38.0 Å². The number of nitrogens with zero attached hydrogens (tertiary/aromatic N) is 4. The highest BCUT2D eigenvalue weighted by Gasteiger charge is 2.53. The van der Waals surface area contributed by atoms with E-state index in [1.807, 2.05) is 0 Å². The van der Waals surface area contributed by atoms with Crippen LogP contribution < -0.4 is 5.32 Å². The molecule has 34 heavy (non-hydrogen) atoms. The molecule has 1 N–H and O–H groups in total. The second-order valence-corrected chi connectivity index (χ2v) is 10.1. The molecule has 4 rings (SSSR count). The van der Waals surface area contributed by atoms with Gasteiger partial charge in [-0.2, -0.15) is 0 Å². The van der Waals surface area contributed by atoms with Crippen molar-refractivity contribution < 1.29 is 9.53 Å². The zero-order valence-electron chi connectivity index (χ0n) is 20.8. The predicted molar refractivity (Wildman–Crippen MR) is 138 cm³/mol. The highest BCUT2D eigenvalue weighted by Crippen LogP contribution is 2.47. The lowest BCUT2D eigenvalue weighted by Gasteiger charge is -2.36. The first-order valence-electron chi connectivity index (χ1n) is 13.1. The molecule has 1 atom stereocenters. The minimum atomic E-state index is -0.148. The van der Waals surface area contributed by atoms with Gasteiger partial charge in [0.05, 0.1) is 18.2 Å². The Labute approximate surface area is 204 Å². The van der Waals surface area contributed by atoms with E-state index in [-0.39, 0.29) is 18.2 Å². The predicted octanol–water partition coefficient (Wildman–Crippen LogP) is 4.04. The molecule has 1 amide bonds. The molecule has 1 spiro atoms. The molecule has 2 heterocycles. The van der Waals surface area contributed by atoms with Gasteiger partial charge in [0.25, 0.3) is 0 Å². The van der Waals surface area contributed by atoms with Gasteiger partial charge >= 0.3 is 0 Å². The number of carbonyl (C=O) groups excluding carboxylic acids is 1. The number of amidine groups is 1. The van der Waals surface area contributed by atoms with Gasteiger partial charge in [0, 0.05) is 19.7 Å². The van der Waals surface area contributed by atoms with Crippen molar-refractivity contribution in [3.05, 3.63) is 35.7 Å². The molecule has 2 saturated heterocycles. The summed E-state index contributed by atoms with van der Waals surface area (Å²) in [6.07, 6.45) is 18.3. The van der Waals surface area contributed by atoms with Crippen LogP contribution in [0.5, 0.6) is 0 Å². The van der Waals surface area contributed by atoms with Crippen molar-refractivity contribution in [2.45, 2.75) is 70.3 Å². The SMILES string of the molecule is C=N/C=C1/NC(=O)CC2(CC2)N(CC2C=C(CN3CCCCC3)C=CC2)/C1=N/COCCCC. The fourth-order valence-corrected chi connectivity index (χ4v) is 5.32. The smallest absolute Gasteiger partial charge is 0.226 e. The van der Waals surface area contributed by atoms with E-state index in [1.165, 1.54) is 37.9 Å². The van der Waals surface area contributed by atoms with Gasteiger partial charge in [0.1, 0.15) is 12.4 Å². The first-order valence-corrected chi connectivity index (χ1v) is 13.1. The number of hydrogen-bond donors (Lipinski definition) is 1. The first kappa shape index (κ1) is 24.9. The molecule has 0 aromatic heterocycles. The maximum Gasteiger partial charge on any atom is 0.226 e. The van der Waals surface area contributed by atoms with E-state index in [9.17, 15) is 4.79 Å². The third-order valence-corrected chi connectivity index (χ3v) is 7.32. The monoisotopic (exact) mass is 467 g/mol. The fraction of sp³-hybridized carbons (Fsp3) is 0.667. The van der Waals surface area contributed by atoms with Gasteiger partial charge in [-0.15, -0.1) is 0 Å². The van der Waals surface area contributed by atoms with Crippen LogP contribution >= 0.6 is 0 Å². The summed E-state index contributed by atoms with van der Waals surface area (Å²) in [4.78, 5) is 26.5. The standard InChI is InChI=1S/C27H41N5O2/c1-3-4-15-34-21-29-26-24(18-28-2)30-25(33)17-27(11-12-27)32(26)20-23-10-8-9-22(16-23)19-31-13-6-5-7-14-31/h8-9,16,18,23H,2-7,10-15,17,19-21H2,1H3,(H,30,33)/b24-18+,29-26+. The Bertz CT molecular complexity index is 849. The number of rotatable bonds is 10. The normalized spacial score (nSPS) is 27.1. The van der Waals surface area contributed by atoms with Crippen molar-refractivity contribution in [3.8, 4) is 0 Å². The molecular weight excluding hydrogens is 426 g/mol.